The van der Waals surface area contributed by atoms with Gasteiger partial charge in [-0.25, -0.2) is 0 Å². The number of nitrogens with zero attached hydrogens (tertiary/aromatic N) is 2. The normalized spacial score (nSPS) is 11.2. The molecule has 0 saturated carbocycles. The van der Waals surface area contributed by atoms with Crippen LogP contribution in [0.25, 0.3) is 10.9 Å². The van der Waals surface area contributed by atoms with Crippen molar-refractivity contribution in [3.8, 4) is 0 Å². The number of thiocarbonyl (C=S) groups is 1. The second-order valence-corrected chi connectivity index (χ2v) is 8.89. The van der Waals surface area contributed by atoms with Gasteiger partial charge in [0.15, 0.2) is 5.11 Å². The third-order valence-corrected chi connectivity index (χ3v) is 6.47. The van der Waals surface area contributed by atoms with Crippen LogP contribution in [0.3, 0.4) is 0 Å². The standard InChI is InChI=1S/C27H36N4OS/c1-5-21-12-13-25-22(17-21)18-23(26(32)29-25)19-31(15-9-14-30(6-2)7-3)27(33)28-24-11-8-10-20(4)16-24/h8,10-13,16-18H,5-7,9,14-15,19H2,1-4H3,(H,28,33)(H,29,32). The minimum absolute atomic E-state index is 0.0566. The van der Waals surface area contributed by atoms with Gasteiger partial charge in [0.2, 0.25) is 0 Å². The van der Waals surface area contributed by atoms with E-state index in [-0.39, 0.29) is 5.56 Å². The molecular weight excluding hydrogens is 428 g/mol. The number of rotatable bonds is 10. The first-order valence-corrected chi connectivity index (χ1v) is 12.3. The summed E-state index contributed by atoms with van der Waals surface area (Å²) in [5, 5.41) is 5.08. The van der Waals surface area contributed by atoms with Gasteiger partial charge in [0.25, 0.3) is 5.56 Å². The number of aromatic amines is 1. The Morgan fingerprint density at radius 1 is 1.03 bits per heavy atom. The zero-order valence-corrected chi connectivity index (χ0v) is 21.1. The predicted molar refractivity (Wildman–Crippen MR) is 144 cm³/mol. The number of nitrogens with one attached hydrogen (secondary N) is 2. The van der Waals surface area contributed by atoms with Crippen LogP contribution in [0.15, 0.2) is 53.3 Å². The van der Waals surface area contributed by atoms with E-state index >= 15 is 0 Å². The molecule has 0 aliphatic heterocycles. The van der Waals surface area contributed by atoms with Gasteiger partial charge in [-0.15, -0.1) is 0 Å². The van der Waals surface area contributed by atoms with E-state index < -0.39 is 0 Å². The highest BCUT2D eigenvalue weighted by Crippen LogP contribution is 2.16. The lowest BCUT2D eigenvalue weighted by atomic mass is 10.1. The maximum Gasteiger partial charge on any atom is 0.253 e. The fraction of sp³-hybridized carbons (Fsp3) is 0.407. The van der Waals surface area contributed by atoms with Crippen LogP contribution in [-0.2, 0) is 13.0 Å². The molecule has 33 heavy (non-hydrogen) atoms. The van der Waals surface area contributed by atoms with Gasteiger partial charge in [-0.1, -0.05) is 39.0 Å². The highest BCUT2D eigenvalue weighted by molar-refractivity contribution is 7.80. The molecule has 0 saturated heterocycles. The minimum atomic E-state index is -0.0566. The molecule has 0 spiro atoms. The second-order valence-electron chi connectivity index (χ2n) is 8.50. The fourth-order valence-electron chi connectivity index (χ4n) is 4.05. The van der Waals surface area contributed by atoms with E-state index in [1.807, 2.05) is 24.3 Å². The molecule has 5 nitrogen and oxygen atoms in total. The molecule has 0 aliphatic carbocycles. The number of aromatic nitrogens is 1. The van der Waals surface area contributed by atoms with E-state index in [0.29, 0.717) is 11.7 Å². The Morgan fingerprint density at radius 3 is 2.52 bits per heavy atom. The Morgan fingerprint density at radius 2 is 1.82 bits per heavy atom. The van der Waals surface area contributed by atoms with Crippen molar-refractivity contribution < 1.29 is 0 Å². The van der Waals surface area contributed by atoms with Gasteiger partial charge < -0.3 is 20.1 Å². The summed E-state index contributed by atoms with van der Waals surface area (Å²) < 4.78 is 0. The van der Waals surface area contributed by atoms with Crippen LogP contribution in [-0.4, -0.2) is 46.1 Å². The van der Waals surface area contributed by atoms with E-state index in [0.717, 1.165) is 61.2 Å². The van der Waals surface area contributed by atoms with Crippen molar-refractivity contribution in [3.05, 3.63) is 75.6 Å². The van der Waals surface area contributed by atoms with Crippen molar-refractivity contribution in [3.63, 3.8) is 0 Å². The van der Waals surface area contributed by atoms with Gasteiger partial charge in [-0.05, 0) is 98.5 Å². The van der Waals surface area contributed by atoms with Crippen LogP contribution < -0.4 is 10.9 Å². The van der Waals surface area contributed by atoms with Gasteiger partial charge in [-0.3, -0.25) is 4.79 Å². The highest BCUT2D eigenvalue weighted by Gasteiger charge is 2.14. The van der Waals surface area contributed by atoms with Crippen molar-refractivity contribution in [2.45, 2.75) is 47.1 Å². The van der Waals surface area contributed by atoms with Crippen molar-refractivity contribution in [1.82, 2.24) is 14.8 Å². The van der Waals surface area contributed by atoms with E-state index in [1.165, 1.54) is 11.1 Å². The monoisotopic (exact) mass is 464 g/mol. The largest absolute Gasteiger partial charge is 0.344 e. The second kappa shape index (κ2) is 12.0. The van der Waals surface area contributed by atoms with Crippen molar-refractivity contribution in [1.29, 1.82) is 0 Å². The SMILES string of the molecule is CCc1ccc2[nH]c(=O)c(CN(CCCN(CC)CC)C(=S)Nc3cccc(C)c3)cc2c1. The molecular formula is C27H36N4OS. The molecule has 0 radical (unpaired) electrons. The Balaban J connectivity index is 1.83. The number of fused-ring (bicyclic) bond motifs is 1. The molecule has 1 aromatic heterocycles. The van der Waals surface area contributed by atoms with Crippen molar-refractivity contribution in [2.75, 3.05) is 31.5 Å². The van der Waals surface area contributed by atoms with E-state index in [9.17, 15) is 4.79 Å². The topological polar surface area (TPSA) is 51.4 Å². The smallest absolute Gasteiger partial charge is 0.253 e. The maximum atomic E-state index is 12.9. The molecule has 2 aromatic carbocycles. The Hall–Kier alpha value is -2.70. The summed E-state index contributed by atoms with van der Waals surface area (Å²) in [4.78, 5) is 20.4. The van der Waals surface area contributed by atoms with Crippen LogP contribution in [0.2, 0.25) is 0 Å². The number of hydrogen-bond donors (Lipinski definition) is 2. The Kier molecular flexibility index (Phi) is 9.03. The van der Waals surface area contributed by atoms with Crippen molar-refractivity contribution in [2.24, 2.45) is 0 Å². The van der Waals surface area contributed by atoms with Crippen LogP contribution in [0, 0.1) is 6.92 Å². The third kappa shape index (κ3) is 6.89. The maximum absolute atomic E-state index is 12.9. The van der Waals surface area contributed by atoms with Gasteiger partial charge in [0.05, 0.1) is 6.54 Å². The number of aryl methyl sites for hydroxylation is 2. The first-order chi connectivity index (χ1) is 15.9. The molecule has 3 rings (SSSR count). The molecule has 176 valence electrons. The average molecular weight is 465 g/mol. The van der Waals surface area contributed by atoms with Crippen LogP contribution in [0.5, 0.6) is 0 Å². The molecule has 2 N–H and O–H groups in total. The molecule has 0 bridgehead atoms. The Labute approximate surface area is 202 Å². The molecule has 0 unspecified atom stereocenters. The average Bonchev–Trinajstić information content (AvgIpc) is 2.81. The predicted octanol–water partition coefficient (Wildman–Crippen LogP) is 5.33. The lowest BCUT2D eigenvalue weighted by Crippen LogP contribution is -2.38. The van der Waals surface area contributed by atoms with Crippen LogP contribution >= 0.6 is 12.2 Å². The first kappa shape index (κ1) is 24.9. The van der Waals surface area contributed by atoms with Crippen molar-refractivity contribution >= 4 is 33.9 Å². The lowest BCUT2D eigenvalue weighted by molar-refractivity contribution is 0.281. The number of pyridine rings is 1. The number of benzene rings is 2. The third-order valence-electron chi connectivity index (χ3n) is 6.11. The summed E-state index contributed by atoms with van der Waals surface area (Å²) >= 11 is 5.80. The quantitative estimate of drug-likeness (QED) is 0.397. The number of anilines is 1. The zero-order valence-electron chi connectivity index (χ0n) is 20.3. The lowest BCUT2D eigenvalue weighted by Gasteiger charge is -2.27. The summed E-state index contributed by atoms with van der Waals surface area (Å²) in [6.45, 7) is 12.9. The fourth-order valence-corrected chi connectivity index (χ4v) is 4.32. The molecule has 0 aliphatic rings. The number of H-pyrrole nitrogens is 1. The van der Waals surface area contributed by atoms with Gasteiger partial charge in [0, 0.05) is 23.3 Å². The Bertz CT molecular complexity index is 1140. The van der Waals surface area contributed by atoms with Gasteiger partial charge >= 0.3 is 0 Å². The molecule has 6 heteroatoms. The van der Waals surface area contributed by atoms with Crippen LogP contribution in [0.1, 0.15) is 43.9 Å². The first-order valence-electron chi connectivity index (χ1n) is 11.9. The molecule has 0 atom stereocenters. The summed E-state index contributed by atoms with van der Waals surface area (Å²) in [6.07, 6.45) is 1.94. The summed E-state index contributed by atoms with van der Waals surface area (Å²) in [7, 11) is 0. The molecule has 0 amide bonds. The minimum Gasteiger partial charge on any atom is -0.344 e. The van der Waals surface area contributed by atoms with Gasteiger partial charge in [-0.2, -0.15) is 0 Å². The highest BCUT2D eigenvalue weighted by atomic mass is 32.1. The summed E-state index contributed by atoms with van der Waals surface area (Å²) in [5.74, 6) is 0. The summed E-state index contributed by atoms with van der Waals surface area (Å²) in [5.41, 5.74) is 4.94. The van der Waals surface area contributed by atoms with E-state index in [4.69, 9.17) is 12.2 Å². The number of hydrogen-bond acceptors (Lipinski definition) is 3. The molecule has 1 heterocycles. The van der Waals surface area contributed by atoms with E-state index in [2.05, 4.69) is 72.1 Å². The molecule has 0 fully saturated rings. The van der Waals surface area contributed by atoms with E-state index in [1.54, 1.807) is 0 Å². The van der Waals surface area contributed by atoms with Gasteiger partial charge in [0.1, 0.15) is 0 Å². The molecule has 3 aromatic rings. The summed E-state index contributed by atoms with van der Waals surface area (Å²) in [6, 6.07) is 16.4. The zero-order chi connectivity index (χ0) is 23.8. The van der Waals surface area contributed by atoms with Crippen LogP contribution in [0.4, 0.5) is 5.69 Å².